The van der Waals surface area contributed by atoms with E-state index in [9.17, 15) is 8.42 Å². The van der Waals surface area contributed by atoms with Gasteiger partial charge in [0.1, 0.15) is 0 Å². The van der Waals surface area contributed by atoms with Crippen LogP contribution in [0.4, 0.5) is 0 Å². The molecule has 0 spiro atoms. The normalized spacial score (nSPS) is 11.0. The zero-order valence-electron chi connectivity index (χ0n) is 12.4. The minimum absolute atomic E-state index is 0.163. The average molecular weight is 335 g/mol. The first-order chi connectivity index (χ1) is 10.5. The van der Waals surface area contributed by atoms with E-state index in [1.165, 1.54) is 4.70 Å². The summed E-state index contributed by atoms with van der Waals surface area (Å²) in [5.41, 5.74) is 3.99. The summed E-state index contributed by atoms with van der Waals surface area (Å²) >= 11 is 1.68. The van der Waals surface area contributed by atoms with Crippen molar-refractivity contribution in [1.82, 2.24) is 4.98 Å². The molecular weight excluding hydrogens is 318 g/mol. The Bertz CT molecular complexity index is 794. The molecule has 0 aliphatic heterocycles. The average Bonchev–Trinajstić information content (AvgIpc) is 2.97. The van der Waals surface area contributed by atoms with Crippen LogP contribution >= 0.6 is 11.3 Å². The van der Waals surface area contributed by atoms with Crippen LogP contribution in [0.2, 0.25) is 0 Å². The largest absolute Gasteiger partial charge is 0.296 e. The van der Waals surface area contributed by atoms with Gasteiger partial charge >= 0.3 is 0 Å². The van der Waals surface area contributed by atoms with E-state index in [0.29, 0.717) is 0 Å². The summed E-state index contributed by atoms with van der Waals surface area (Å²) in [6.45, 7) is 3.71. The van der Waals surface area contributed by atoms with Gasteiger partial charge in [0.15, 0.2) is 0 Å². The highest BCUT2D eigenvalue weighted by molar-refractivity contribution is 7.86. The summed E-state index contributed by atoms with van der Waals surface area (Å²) < 4.78 is 28.5. The Balaban J connectivity index is 0.000000170. The molecule has 0 fully saturated rings. The van der Waals surface area contributed by atoms with Crippen molar-refractivity contribution < 1.29 is 12.6 Å². The predicted octanol–water partition coefficient (Wildman–Crippen LogP) is 4.02. The number of aryl methyl sites for hydroxylation is 1. The Morgan fingerprint density at radius 2 is 1.77 bits per heavy atom. The van der Waals surface area contributed by atoms with Gasteiger partial charge in [0.25, 0.3) is 10.1 Å². The Morgan fingerprint density at radius 1 is 1.09 bits per heavy atom. The Hall–Kier alpha value is -1.76. The quantitative estimate of drug-likeness (QED) is 0.679. The Morgan fingerprint density at radius 3 is 2.41 bits per heavy atom. The number of hydrogen-bond donors (Lipinski definition) is 0. The predicted molar refractivity (Wildman–Crippen MR) is 89.6 cm³/mol. The summed E-state index contributed by atoms with van der Waals surface area (Å²) in [6.07, 6.45) is 0. The molecule has 1 aromatic heterocycles. The van der Waals surface area contributed by atoms with Gasteiger partial charge in [-0.05, 0) is 38.1 Å². The summed E-state index contributed by atoms with van der Waals surface area (Å²) in [7, 11) is -3.53. The molecular formula is C16H17NO3S2. The molecule has 0 bridgehead atoms. The molecule has 116 valence electrons. The fourth-order valence-electron chi connectivity index (χ4n) is 1.73. The van der Waals surface area contributed by atoms with Crippen LogP contribution in [0.25, 0.3) is 10.2 Å². The van der Waals surface area contributed by atoms with Gasteiger partial charge in [-0.2, -0.15) is 8.42 Å². The smallest absolute Gasteiger partial charge is 0.267 e. The second-order valence-corrected chi connectivity index (χ2v) is 7.00. The second-order valence-electron chi connectivity index (χ2n) is 4.49. The number of rotatable bonds is 3. The molecule has 0 saturated heterocycles. The number of thiazole rings is 1. The van der Waals surface area contributed by atoms with Crippen molar-refractivity contribution in [1.29, 1.82) is 0 Å². The molecule has 0 atom stereocenters. The summed E-state index contributed by atoms with van der Waals surface area (Å²) in [4.78, 5) is 4.35. The van der Waals surface area contributed by atoms with Gasteiger partial charge in [0, 0.05) is 0 Å². The lowest BCUT2D eigenvalue weighted by atomic mass is 10.2. The van der Waals surface area contributed by atoms with Gasteiger partial charge in [-0.3, -0.25) is 4.18 Å². The van der Waals surface area contributed by atoms with Gasteiger partial charge < -0.3 is 0 Å². The zero-order chi connectivity index (χ0) is 16.0. The molecule has 3 aromatic rings. The fourth-order valence-corrected chi connectivity index (χ4v) is 3.33. The van der Waals surface area contributed by atoms with Crippen LogP contribution in [-0.2, 0) is 14.3 Å². The number of aromatic nitrogens is 1. The number of para-hydroxylation sites is 1. The van der Waals surface area contributed by atoms with Crippen LogP contribution in [0.15, 0.2) is 58.9 Å². The van der Waals surface area contributed by atoms with Crippen LogP contribution in [0, 0.1) is 6.92 Å². The van der Waals surface area contributed by atoms with Crippen molar-refractivity contribution in [2.24, 2.45) is 0 Å². The van der Waals surface area contributed by atoms with Crippen molar-refractivity contribution in [2.45, 2.75) is 18.7 Å². The number of nitrogens with zero attached hydrogens (tertiary/aromatic N) is 1. The van der Waals surface area contributed by atoms with E-state index in [2.05, 4.69) is 15.2 Å². The van der Waals surface area contributed by atoms with Crippen LogP contribution in [0.3, 0.4) is 0 Å². The standard InChI is InChI=1S/C9H12O3S.C7H5NS/c1-3-12-13(10,11)9-6-4-8(2)5-7-9;1-2-4-7-6(3-1)8-5-9-7/h4-7H,3H2,1-2H3;1-5H. The van der Waals surface area contributed by atoms with Crippen molar-refractivity contribution >= 4 is 31.7 Å². The highest BCUT2D eigenvalue weighted by Gasteiger charge is 2.12. The summed E-state index contributed by atoms with van der Waals surface area (Å²) in [5, 5.41) is 0. The summed E-state index contributed by atoms with van der Waals surface area (Å²) in [5.74, 6) is 0. The minimum Gasteiger partial charge on any atom is -0.267 e. The van der Waals surface area contributed by atoms with Crippen LogP contribution in [-0.4, -0.2) is 20.0 Å². The molecule has 0 saturated carbocycles. The topological polar surface area (TPSA) is 56.3 Å². The molecule has 0 aliphatic carbocycles. The van der Waals surface area contributed by atoms with Gasteiger partial charge in [-0.15, -0.1) is 11.3 Å². The van der Waals surface area contributed by atoms with E-state index in [4.69, 9.17) is 0 Å². The number of hydrogen-bond acceptors (Lipinski definition) is 5. The molecule has 3 rings (SSSR count). The molecule has 1 heterocycles. The molecule has 0 unspecified atom stereocenters. The Labute approximate surface area is 134 Å². The van der Waals surface area contributed by atoms with Gasteiger partial charge in [-0.25, -0.2) is 4.98 Å². The lowest BCUT2D eigenvalue weighted by molar-refractivity contribution is 0.338. The maximum Gasteiger partial charge on any atom is 0.296 e. The maximum absolute atomic E-state index is 11.3. The van der Waals surface area contributed by atoms with E-state index in [1.807, 2.05) is 30.6 Å². The van der Waals surface area contributed by atoms with E-state index in [-0.39, 0.29) is 11.5 Å². The lowest BCUT2D eigenvalue weighted by Crippen LogP contribution is -2.05. The highest BCUT2D eigenvalue weighted by atomic mass is 32.2. The first-order valence-corrected chi connectivity index (χ1v) is 9.06. The molecule has 0 amide bonds. The maximum atomic E-state index is 11.3. The molecule has 0 aliphatic rings. The third-order valence-corrected chi connectivity index (χ3v) is 5.02. The van der Waals surface area contributed by atoms with Crippen LogP contribution < -0.4 is 0 Å². The van der Waals surface area contributed by atoms with E-state index in [1.54, 1.807) is 42.5 Å². The zero-order valence-corrected chi connectivity index (χ0v) is 14.0. The lowest BCUT2D eigenvalue weighted by Gasteiger charge is -2.02. The third-order valence-electron chi connectivity index (χ3n) is 2.82. The fraction of sp³-hybridized carbons (Fsp3) is 0.188. The molecule has 6 heteroatoms. The van der Waals surface area contributed by atoms with Crippen molar-refractivity contribution in [3.05, 3.63) is 59.6 Å². The highest BCUT2D eigenvalue weighted by Crippen LogP contribution is 2.15. The van der Waals surface area contributed by atoms with Gasteiger partial charge in [-0.1, -0.05) is 29.8 Å². The molecule has 0 radical (unpaired) electrons. The summed E-state index contributed by atoms with van der Waals surface area (Å²) in [6, 6.07) is 14.7. The number of fused-ring (bicyclic) bond motifs is 1. The molecule has 4 nitrogen and oxygen atoms in total. The van der Waals surface area contributed by atoms with Crippen LogP contribution in [0.5, 0.6) is 0 Å². The third kappa shape index (κ3) is 4.37. The van der Waals surface area contributed by atoms with Gasteiger partial charge in [0.2, 0.25) is 0 Å². The molecule has 2 aromatic carbocycles. The number of benzene rings is 2. The SMILES string of the molecule is CCOS(=O)(=O)c1ccc(C)cc1.c1ccc2scnc2c1. The molecule has 0 N–H and O–H groups in total. The van der Waals surface area contributed by atoms with E-state index < -0.39 is 10.1 Å². The van der Waals surface area contributed by atoms with E-state index >= 15 is 0 Å². The van der Waals surface area contributed by atoms with Gasteiger partial charge in [0.05, 0.1) is 27.2 Å². The van der Waals surface area contributed by atoms with Crippen molar-refractivity contribution in [3.8, 4) is 0 Å². The van der Waals surface area contributed by atoms with Crippen molar-refractivity contribution in [2.75, 3.05) is 6.61 Å². The second kappa shape index (κ2) is 7.49. The first kappa shape index (κ1) is 16.6. The minimum atomic E-state index is -3.53. The molecule has 22 heavy (non-hydrogen) atoms. The first-order valence-electron chi connectivity index (χ1n) is 6.77. The Kier molecular flexibility index (Phi) is 5.65. The van der Waals surface area contributed by atoms with E-state index in [0.717, 1.165) is 11.1 Å². The van der Waals surface area contributed by atoms with Crippen molar-refractivity contribution in [3.63, 3.8) is 0 Å². The van der Waals surface area contributed by atoms with Crippen LogP contribution in [0.1, 0.15) is 12.5 Å². The monoisotopic (exact) mass is 335 g/mol.